The molecule has 11 nitrogen and oxygen atoms in total. The highest BCUT2D eigenvalue weighted by atomic mass is 19.1. The van der Waals surface area contributed by atoms with Gasteiger partial charge in [0.25, 0.3) is 5.91 Å². The number of nitrogens with zero attached hydrogens (tertiary/aromatic N) is 5. The number of nitrogens with two attached hydrogens (primary N) is 1. The van der Waals surface area contributed by atoms with E-state index in [0.29, 0.717) is 17.2 Å². The highest BCUT2D eigenvalue weighted by Crippen LogP contribution is 2.28. The Labute approximate surface area is 157 Å². The van der Waals surface area contributed by atoms with Crippen LogP contribution in [0, 0.1) is 0 Å². The molecular weight excluding hydrogens is 371 g/mol. The van der Waals surface area contributed by atoms with Gasteiger partial charge in [-0.1, -0.05) is 0 Å². The Morgan fingerprint density at radius 1 is 1.46 bits per heavy atom. The van der Waals surface area contributed by atoms with Crippen molar-refractivity contribution in [2.45, 2.75) is 18.6 Å². The summed E-state index contributed by atoms with van der Waals surface area (Å²) >= 11 is 0. The maximum absolute atomic E-state index is 14.0. The van der Waals surface area contributed by atoms with Crippen LogP contribution in [-0.2, 0) is 4.79 Å². The molecule has 1 aliphatic rings. The first-order valence-corrected chi connectivity index (χ1v) is 8.48. The Bertz CT molecular complexity index is 1050. The number of aromatic nitrogens is 5. The summed E-state index contributed by atoms with van der Waals surface area (Å²) in [6, 6.07) is 4.09. The van der Waals surface area contributed by atoms with Crippen LogP contribution in [0.3, 0.4) is 0 Å². The molecule has 3 aromatic rings. The predicted molar refractivity (Wildman–Crippen MR) is 96.1 cm³/mol. The van der Waals surface area contributed by atoms with Crippen LogP contribution in [-0.4, -0.2) is 67.0 Å². The van der Waals surface area contributed by atoms with Crippen molar-refractivity contribution in [3.05, 3.63) is 30.1 Å². The number of carbonyl (C=O) groups excluding carboxylic acids is 2. The lowest BCUT2D eigenvalue weighted by molar-refractivity contribution is -0.122. The van der Waals surface area contributed by atoms with Gasteiger partial charge < -0.3 is 21.1 Å². The molecule has 1 unspecified atom stereocenters. The molecule has 146 valence electrons. The van der Waals surface area contributed by atoms with Crippen molar-refractivity contribution in [3.8, 4) is 0 Å². The van der Waals surface area contributed by atoms with E-state index in [4.69, 9.17) is 5.73 Å². The van der Waals surface area contributed by atoms with E-state index in [1.54, 1.807) is 18.3 Å². The summed E-state index contributed by atoms with van der Waals surface area (Å²) in [7, 11) is 0. The predicted octanol–water partition coefficient (Wildman–Crippen LogP) is -0.227. The second-order valence-electron chi connectivity index (χ2n) is 6.38. The van der Waals surface area contributed by atoms with Gasteiger partial charge in [-0.05, 0) is 12.1 Å². The number of halogens is 1. The van der Waals surface area contributed by atoms with Gasteiger partial charge in [-0.15, -0.1) is 5.10 Å². The molecule has 0 bridgehead atoms. The molecule has 4 heterocycles. The molecule has 0 saturated carbocycles. The number of carbonyl (C=O) groups is 2. The smallest absolute Gasteiger partial charge is 0.266 e. The maximum atomic E-state index is 14.0. The van der Waals surface area contributed by atoms with Crippen molar-refractivity contribution in [2.24, 2.45) is 5.73 Å². The highest BCUT2D eigenvalue weighted by Gasteiger charge is 2.38. The summed E-state index contributed by atoms with van der Waals surface area (Å²) in [5, 5.41) is 22.9. The van der Waals surface area contributed by atoms with Crippen molar-refractivity contribution >= 4 is 34.8 Å². The first-order valence-electron chi connectivity index (χ1n) is 8.48. The topological polar surface area (TPSA) is 155 Å². The molecule has 1 saturated heterocycles. The lowest BCUT2D eigenvalue weighted by Gasteiger charge is -2.23. The molecule has 0 radical (unpaired) electrons. The molecule has 0 aromatic carbocycles. The van der Waals surface area contributed by atoms with Gasteiger partial charge in [0, 0.05) is 18.7 Å². The van der Waals surface area contributed by atoms with Crippen molar-refractivity contribution < 1.29 is 19.1 Å². The van der Waals surface area contributed by atoms with Crippen molar-refractivity contribution in [3.63, 3.8) is 0 Å². The van der Waals surface area contributed by atoms with Gasteiger partial charge >= 0.3 is 0 Å². The number of ketones is 1. The number of anilines is 3. The number of Topliss-reactive ketones (excluding diaryl/α,β-unsaturated/α-hetero) is 1. The fraction of sp³-hybridized carbons (Fsp3) is 0.312. The SMILES string of the molecule is NC(=O)c1cc(Nc2nc(N3C[C@H](F)CC3C(=O)CO)nn3cccc23)n[nH]1. The zero-order valence-corrected chi connectivity index (χ0v) is 14.5. The monoisotopic (exact) mass is 388 g/mol. The van der Waals surface area contributed by atoms with Crippen LogP contribution in [0.1, 0.15) is 16.9 Å². The van der Waals surface area contributed by atoms with Gasteiger partial charge in [0.1, 0.15) is 24.0 Å². The number of aliphatic hydroxyl groups is 1. The van der Waals surface area contributed by atoms with Crippen molar-refractivity contribution in [2.75, 3.05) is 23.4 Å². The number of aliphatic hydroxyl groups excluding tert-OH is 1. The first-order chi connectivity index (χ1) is 13.5. The average Bonchev–Trinajstić information content (AvgIpc) is 3.39. The maximum Gasteiger partial charge on any atom is 0.266 e. The summed E-state index contributed by atoms with van der Waals surface area (Å²) < 4.78 is 15.5. The third-order valence-electron chi connectivity index (χ3n) is 4.50. The van der Waals surface area contributed by atoms with Gasteiger partial charge in [0.2, 0.25) is 5.95 Å². The number of amides is 1. The number of aromatic amines is 1. The number of hydrogen-bond donors (Lipinski definition) is 4. The molecule has 12 heteroatoms. The highest BCUT2D eigenvalue weighted by molar-refractivity contribution is 5.92. The Balaban J connectivity index is 1.72. The number of fused-ring (bicyclic) bond motifs is 1. The molecule has 2 atom stereocenters. The lowest BCUT2D eigenvalue weighted by atomic mass is 10.1. The fourth-order valence-corrected chi connectivity index (χ4v) is 3.19. The van der Waals surface area contributed by atoms with E-state index in [9.17, 15) is 19.1 Å². The first kappa shape index (κ1) is 17.9. The average molecular weight is 388 g/mol. The Morgan fingerprint density at radius 2 is 2.29 bits per heavy atom. The van der Waals surface area contributed by atoms with E-state index in [-0.39, 0.29) is 24.6 Å². The van der Waals surface area contributed by atoms with E-state index in [0.717, 1.165) is 0 Å². The number of H-pyrrole nitrogens is 1. The number of primary amides is 1. The molecular formula is C16H17FN8O3. The van der Waals surface area contributed by atoms with Gasteiger partial charge in [0.05, 0.1) is 12.6 Å². The number of hydrogen-bond acceptors (Lipinski definition) is 8. The quantitative estimate of drug-likeness (QED) is 0.451. The summed E-state index contributed by atoms with van der Waals surface area (Å²) in [4.78, 5) is 29.1. The molecule has 1 fully saturated rings. The molecule has 3 aromatic heterocycles. The van der Waals surface area contributed by atoms with Crippen LogP contribution in [0.2, 0.25) is 0 Å². The van der Waals surface area contributed by atoms with Gasteiger partial charge in [-0.3, -0.25) is 14.7 Å². The second kappa shape index (κ2) is 6.88. The van der Waals surface area contributed by atoms with E-state index < -0.39 is 30.5 Å². The van der Waals surface area contributed by atoms with Gasteiger partial charge in [-0.25, -0.2) is 8.91 Å². The molecule has 5 N–H and O–H groups in total. The Morgan fingerprint density at radius 3 is 3.00 bits per heavy atom. The third-order valence-corrected chi connectivity index (χ3v) is 4.50. The molecule has 1 amide bonds. The van der Waals surface area contributed by atoms with Crippen LogP contribution in [0.5, 0.6) is 0 Å². The number of nitrogens with one attached hydrogen (secondary N) is 2. The molecule has 28 heavy (non-hydrogen) atoms. The van der Waals surface area contributed by atoms with Gasteiger partial charge in [0.15, 0.2) is 17.4 Å². The number of rotatable bonds is 6. The summed E-state index contributed by atoms with van der Waals surface area (Å²) in [5.41, 5.74) is 5.94. The zero-order valence-electron chi connectivity index (χ0n) is 14.5. The van der Waals surface area contributed by atoms with Crippen molar-refractivity contribution in [1.82, 2.24) is 24.8 Å². The minimum absolute atomic E-state index is 0.0312. The summed E-state index contributed by atoms with van der Waals surface area (Å²) in [5.74, 6) is -0.384. The third kappa shape index (κ3) is 3.13. The van der Waals surface area contributed by atoms with Crippen LogP contribution in [0.25, 0.3) is 5.52 Å². The lowest BCUT2D eigenvalue weighted by Crippen LogP contribution is -2.39. The fourth-order valence-electron chi connectivity index (χ4n) is 3.19. The van der Waals surface area contributed by atoms with Crippen LogP contribution < -0.4 is 16.0 Å². The standard InChI is InChI=1S/C16H17FN8O3/c17-8-4-11(12(27)7-26)24(6-8)16-20-15(10-2-1-3-25(10)23-16)19-13-5-9(14(18)28)21-22-13/h1-3,5,8,11,26H,4,6-7H2,(H2,18,28)(H2,19,20,21,22,23)/t8-,11?/m1/s1. The molecule has 1 aliphatic heterocycles. The molecule has 0 aliphatic carbocycles. The summed E-state index contributed by atoms with van der Waals surface area (Å²) in [6.07, 6.45) is 0.415. The largest absolute Gasteiger partial charge is 0.389 e. The van der Waals surface area contributed by atoms with E-state index >= 15 is 0 Å². The number of alkyl halides is 1. The molecule has 0 spiro atoms. The second-order valence-corrected chi connectivity index (χ2v) is 6.38. The summed E-state index contributed by atoms with van der Waals surface area (Å²) in [6.45, 7) is -0.745. The van der Waals surface area contributed by atoms with Crippen LogP contribution in [0.4, 0.5) is 22.0 Å². The zero-order chi connectivity index (χ0) is 19.8. The minimum atomic E-state index is -1.23. The van der Waals surface area contributed by atoms with E-state index in [1.807, 2.05) is 0 Å². The normalized spacial score (nSPS) is 19.3. The molecule has 4 rings (SSSR count). The van der Waals surface area contributed by atoms with Gasteiger partial charge in [-0.2, -0.15) is 10.1 Å². The van der Waals surface area contributed by atoms with Crippen LogP contribution in [0.15, 0.2) is 24.4 Å². The van der Waals surface area contributed by atoms with E-state index in [1.165, 1.54) is 15.5 Å². The Kier molecular flexibility index (Phi) is 4.39. The Hall–Kier alpha value is -3.54. The van der Waals surface area contributed by atoms with Crippen molar-refractivity contribution in [1.29, 1.82) is 0 Å². The van der Waals surface area contributed by atoms with E-state index in [2.05, 4.69) is 25.6 Å². The minimum Gasteiger partial charge on any atom is -0.389 e. The van der Waals surface area contributed by atoms with Crippen LogP contribution >= 0.6 is 0 Å².